The molecule has 174 valence electrons. The minimum absolute atomic E-state index is 0.0447. The lowest BCUT2D eigenvalue weighted by Crippen LogP contribution is -2.42. The molecule has 0 bridgehead atoms. The lowest BCUT2D eigenvalue weighted by Gasteiger charge is -2.14. The summed E-state index contributed by atoms with van der Waals surface area (Å²) in [5.74, 6) is -1.01. The molecule has 0 rings (SSSR count). The average Bonchev–Trinajstić information content (AvgIpc) is 2.69. The second-order valence-electron chi connectivity index (χ2n) is 6.79. The third-order valence-corrected chi connectivity index (χ3v) is 4.58. The van der Waals surface area contributed by atoms with Gasteiger partial charge in [0.1, 0.15) is 18.4 Å². The van der Waals surface area contributed by atoms with Gasteiger partial charge in [-0.2, -0.15) is 11.8 Å². The number of unbranched alkanes of at least 4 members (excludes halogenated alkanes) is 1. The van der Waals surface area contributed by atoms with Crippen LogP contribution < -0.4 is 10.6 Å². The fraction of sp³-hybridized carbons (Fsp3) is 0.800. The van der Waals surface area contributed by atoms with E-state index in [0.717, 1.165) is 6.42 Å². The van der Waals surface area contributed by atoms with Crippen molar-refractivity contribution in [3.05, 3.63) is 0 Å². The van der Waals surface area contributed by atoms with Gasteiger partial charge in [-0.1, -0.05) is 6.92 Å². The summed E-state index contributed by atoms with van der Waals surface area (Å²) in [4.78, 5) is 45.8. The summed E-state index contributed by atoms with van der Waals surface area (Å²) < 4.78 is 10.5. The molecule has 1 unspecified atom stereocenters. The number of rotatable bonds is 20. The molecular formula is C20H36N2O7S. The molecule has 1 atom stereocenters. The van der Waals surface area contributed by atoms with Gasteiger partial charge < -0.3 is 25.2 Å². The molecule has 3 N–H and O–H groups in total. The summed E-state index contributed by atoms with van der Waals surface area (Å²) in [5, 5.41) is 14.4. The molecule has 0 saturated carbocycles. The highest BCUT2D eigenvalue weighted by Gasteiger charge is 2.19. The van der Waals surface area contributed by atoms with E-state index in [1.54, 1.807) is 0 Å². The number of nitrogens with one attached hydrogen (secondary N) is 2. The van der Waals surface area contributed by atoms with Gasteiger partial charge in [0.05, 0.1) is 19.0 Å². The Hall–Kier alpha value is -1.65. The van der Waals surface area contributed by atoms with Crippen molar-refractivity contribution >= 4 is 35.3 Å². The summed E-state index contributed by atoms with van der Waals surface area (Å²) in [6.45, 7) is 3.19. The predicted octanol–water partition coefficient (Wildman–Crippen LogP) is 1.39. The third kappa shape index (κ3) is 17.2. The summed E-state index contributed by atoms with van der Waals surface area (Å²) in [6.07, 6.45) is 5.95. The molecule has 0 aliphatic heterocycles. The maximum Gasteiger partial charge on any atom is 0.326 e. The number of carboxylic acid groups (broad SMARTS) is 1. The third-order valence-electron chi connectivity index (χ3n) is 4.03. The van der Waals surface area contributed by atoms with Crippen LogP contribution in [0, 0.1) is 0 Å². The van der Waals surface area contributed by atoms with Gasteiger partial charge in [-0.25, -0.2) is 4.79 Å². The van der Waals surface area contributed by atoms with Gasteiger partial charge in [0.15, 0.2) is 0 Å². The Kier molecular flexibility index (Phi) is 18.3. The van der Waals surface area contributed by atoms with Crippen LogP contribution in [0.2, 0.25) is 0 Å². The number of carboxylic acids is 1. The minimum Gasteiger partial charge on any atom is -0.480 e. The zero-order valence-electron chi connectivity index (χ0n) is 18.1. The lowest BCUT2D eigenvalue weighted by atomic mass is 10.1. The summed E-state index contributed by atoms with van der Waals surface area (Å²) in [5.41, 5.74) is 0. The standard InChI is InChI=1S/C20H36N2O7S/c1-3-7-16(23)8-6-11-28-12-13-29-14-18(24)22-17(20(26)27)9-4-5-10-21-19(25)15-30-2/h17H,3-15H2,1-2H3,(H,21,25)(H,22,24)(H,26,27). The maximum atomic E-state index is 11.8. The number of amides is 2. The van der Waals surface area contributed by atoms with E-state index in [9.17, 15) is 24.3 Å². The van der Waals surface area contributed by atoms with Crippen molar-refractivity contribution in [1.82, 2.24) is 10.6 Å². The van der Waals surface area contributed by atoms with Crippen LogP contribution in [0.1, 0.15) is 51.9 Å². The van der Waals surface area contributed by atoms with Gasteiger partial charge in [0, 0.05) is 26.0 Å². The van der Waals surface area contributed by atoms with Gasteiger partial charge in [-0.05, 0) is 38.4 Å². The van der Waals surface area contributed by atoms with Gasteiger partial charge in [-0.3, -0.25) is 14.4 Å². The van der Waals surface area contributed by atoms with Gasteiger partial charge in [0.2, 0.25) is 11.8 Å². The van der Waals surface area contributed by atoms with Crippen LogP contribution in [0.4, 0.5) is 0 Å². The Labute approximate surface area is 183 Å². The molecular weight excluding hydrogens is 412 g/mol. The quantitative estimate of drug-likeness (QED) is 0.238. The number of thioether (sulfide) groups is 1. The highest BCUT2D eigenvalue weighted by atomic mass is 32.2. The molecule has 0 radical (unpaired) electrons. The first kappa shape index (κ1) is 28.4. The van der Waals surface area contributed by atoms with E-state index in [2.05, 4.69) is 10.6 Å². The zero-order chi connectivity index (χ0) is 22.6. The van der Waals surface area contributed by atoms with Crippen LogP contribution in [0.5, 0.6) is 0 Å². The van der Waals surface area contributed by atoms with E-state index in [1.807, 2.05) is 13.2 Å². The summed E-state index contributed by atoms with van der Waals surface area (Å²) in [6, 6.07) is -0.986. The number of carbonyl (C=O) groups excluding carboxylic acids is 3. The fourth-order valence-electron chi connectivity index (χ4n) is 2.54. The van der Waals surface area contributed by atoms with Crippen molar-refractivity contribution in [2.45, 2.75) is 57.9 Å². The average molecular weight is 449 g/mol. The number of hydrogen-bond donors (Lipinski definition) is 3. The lowest BCUT2D eigenvalue weighted by molar-refractivity contribution is -0.142. The normalized spacial score (nSPS) is 11.7. The number of aliphatic carboxylic acids is 1. The summed E-state index contributed by atoms with van der Waals surface area (Å²) >= 11 is 1.44. The molecule has 0 aromatic rings. The second kappa shape index (κ2) is 19.3. The van der Waals surface area contributed by atoms with Crippen molar-refractivity contribution in [1.29, 1.82) is 0 Å². The Morgan fingerprint density at radius 3 is 2.37 bits per heavy atom. The Morgan fingerprint density at radius 2 is 1.70 bits per heavy atom. The van der Waals surface area contributed by atoms with Crippen molar-refractivity contribution in [2.24, 2.45) is 0 Å². The number of ketones is 1. The molecule has 0 saturated heterocycles. The fourth-order valence-corrected chi connectivity index (χ4v) is 2.90. The Morgan fingerprint density at radius 1 is 0.967 bits per heavy atom. The number of carbonyl (C=O) groups is 4. The van der Waals surface area contributed by atoms with Crippen LogP contribution in [0.15, 0.2) is 0 Å². The Balaban J connectivity index is 3.77. The van der Waals surface area contributed by atoms with Crippen molar-refractivity contribution in [3.8, 4) is 0 Å². The minimum atomic E-state index is -1.10. The van der Waals surface area contributed by atoms with E-state index >= 15 is 0 Å². The molecule has 30 heavy (non-hydrogen) atoms. The maximum absolute atomic E-state index is 11.8. The largest absolute Gasteiger partial charge is 0.480 e. The topological polar surface area (TPSA) is 131 Å². The van der Waals surface area contributed by atoms with E-state index in [0.29, 0.717) is 57.6 Å². The van der Waals surface area contributed by atoms with Crippen LogP contribution in [-0.4, -0.2) is 79.7 Å². The molecule has 9 nitrogen and oxygen atoms in total. The van der Waals surface area contributed by atoms with Crippen LogP contribution in [0.3, 0.4) is 0 Å². The predicted molar refractivity (Wildman–Crippen MR) is 116 cm³/mol. The number of Topliss-reactive ketones (excluding diaryl/α,β-unsaturated/α-hetero) is 1. The second-order valence-corrected chi connectivity index (χ2v) is 7.66. The molecule has 0 fully saturated rings. The first-order valence-electron chi connectivity index (χ1n) is 10.4. The van der Waals surface area contributed by atoms with Crippen LogP contribution in [0.25, 0.3) is 0 Å². The highest BCUT2D eigenvalue weighted by molar-refractivity contribution is 7.99. The first-order valence-corrected chi connectivity index (χ1v) is 11.7. The van der Waals surface area contributed by atoms with Gasteiger partial charge >= 0.3 is 5.97 Å². The molecule has 0 heterocycles. The number of ether oxygens (including phenoxy) is 2. The van der Waals surface area contributed by atoms with Crippen LogP contribution in [-0.2, 0) is 28.7 Å². The van der Waals surface area contributed by atoms with Crippen LogP contribution >= 0.6 is 11.8 Å². The molecule has 0 spiro atoms. The van der Waals surface area contributed by atoms with Crippen molar-refractivity contribution < 1.29 is 33.8 Å². The van der Waals surface area contributed by atoms with E-state index in [-0.39, 0.29) is 31.3 Å². The van der Waals surface area contributed by atoms with Gasteiger partial charge in [0.25, 0.3) is 0 Å². The molecule has 0 aliphatic carbocycles. The molecule has 0 aliphatic rings. The number of hydrogen-bond acceptors (Lipinski definition) is 7. The molecule has 10 heteroatoms. The Bertz CT molecular complexity index is 517. The smallest absolute Gasteiger partial charge is 0.326 e. The van der Waals surface area contributed by atoms with Crippen molar-refractivity contribution in [2.75, 3.05) is 45.0 Å². The molecule has 2 amide bonds. The first-order chi connectivity index (χ1) is 14.4. The van der Waals surface area contributed by atoms with E-state index in [4.69, 9.17) is 9.47 Å². The zero-order valence-corrected chi connectivity index (χ0v) is 18.9. The van der Waals surface area contributed by atoms with Crippen molar-refractivity contribution in [3.63, 3.8) is 0 Å². The van der Waals surface area contributed by atoms with E-state index < -0.39 is 17.9 Å². The highest BCUT2D eigenvalue weighted by Crippen LogP contribution is 2.02. The van der Waals surface area contributed by atoms with Gasteiger partial charge in [-0.15, -0.1) is 0 Å². The summed E-state index contributed by atoms with van der Waals surface area (Å²) in [7, 11) is 0. The SMILES string of the molecule is CCCC(=O)CCCOCCOCC(=O)NC(CCCCNC(=O)CSC)C(=O)O. The molecule has 0 aromatic carbocycles. The molecule has 0 aromatic heterocycles. The monoisotopic (exact) mass is 448 g/mol. The van der Waals surface area contributed by atoms with E-state index in [1.165, 1.54) is 11.8 Å².